The van der Waals surface area contributed by atoms with Crippen molar-refractivity contribution in [2.45, 2.75) is 33.1 Å². The highest BCUT2D eigenvalue weighted by Gasteiger charge is 2.06. The Kier molecular flexibility index (Phi) is 6.01. The zero-order valence-corrected chi connectivity index (χ0v) is 13.3. The van der Waals surface area contributed by atoms with Crippen LogP contribution in [-0.2, 0) is 6.42 Å². The summed E-state index contributed by atoms with van der Waals surface area (Å²) in [5.74, 6) is 0.696. The van der Waals surface area contributed by atoms with Crippen molar-refractivity contribution < 1.29 is 9.53 Å². The van der Waals surface area contributed by atoms with Crippen LogP contribution in [0.5, 0.6) is 5.75 Å². The molecular formula is C19H23NO2. The summed E-state index contributed by atoms with van der Waals surface area (Å²) in [6.07, 6.45) is 3.14. The maximum Gasteiger partial charge on any atom is 0.255 e. The molecule has 116 valence electrons. The minimum absolute atomic E-state index is 0.107. The molecule has 2 aromatic rings. The van der Waals surface area contributed by atoms with E-state index in [1.54, 1.807) is 12.1 Å². The van der Waals surface area contributed by atoms with Crippen molar-refractivity contribution in [3.05, 3.63) is 59.7 Å². The van der Waals surface area contributed by atoms with Gasteiger partial charge in [-0.2, -0.15) is 0 Å². The maximum absolute atomic E-state index is 12.2. The number of anilines is 1. The molecule has 0 atom stereocenters. The Morgan fingerprint density at radius 1 is 1.00 bits per heavy atom. The molecule has 0 radical (unpaired) electrons. The van der Waals surface area contributed by atoms with Crippen molar-refractivity contribution in [2.24, 2.45) is 0 Å². The van der Waals surface area contributed by atoms with Crippen molar-refractivity contribution in [1.82, 2.24) is 0 Å². The summed E-state index contributed by atoms with van der Waals surface area (Å²) in [7, 11) is 0. The van der Waals surface area contributed by atoms with E-state index < -0.39 is 0 Å². The lowest BCUT2D eigenvalue weighted by Gasteiger charge is -2.08. The first-order chi connectivity index (χ1) is 10.7. The molecule has 0 aliphatic carbocycles. The Morgan fingerprint density at radius 3 is 2.27 bits per heavy atom. The highest BCUT2D eigenvalue weighted by atomic mass is 16.5. The van der Waals surface area contributed by atoms with Gasteiger partial charge in [-0.25, -0.2) is 0 Å². The standard InChI is InChI=1S/C19H23NO2/c1-3-5-14-22-18-12-8-16(9-13-18)19(21)20-17-10-6-15(4-2)7-11-17/h6-13H,3-5,14H2,1-2H3,(H,20,21). The lowest BCUT2D eigenvalue weighted by molar-refractivity contribution is 0.102. The Balaban J connectivity index is 1.94. The van der Waals surface area contributed by atoms with E-state index in [-0.39, 0.29) is 5.91 Å². The van der Waals surface area contributed by atoms with E-state index in [2.05, 4.69) is 19.2 Å². The van der Waals surface area contributed by atoms with Gasteiger partial charge in [0.2, 0.25) is 0 Å². The third-order valence-corrected chi connectivity index (χ3v) is 3.50. The number of benzene rings is 2. The first kappa shape index (κ1) is 16.1. The molecule has 0 fully saturated rings. The van der Waals surface area contributed by atoms with Gasteiger partial charge in [0.25, 0.3) is 5.91 Å². The van der Waals surface area contributed by atoms with Crippen molar-refractivity contribution in [3.63, 3.8) is 0 Å². The van der Waals surface area contributed by atoms with Crippen molar-refractivity contribution >= 4 is 11.6 Å². The molecule has 0 spiro atoms. The fraction of sp³-hybridized carbons (Fsp3) is 0.316. The van der Waals surface area contributed by atoms with Gasteiger partial charge in [-0.05, 0) is 54.8 Å². The van der Waals surface area contributed by atoms with Gasteiger partial charge in [0.05, 0.1) is 6.61 Å². The molecule has 0 saturated carbocycles. The summed E-state index contributed by atoms with van der Waals surface area (Å²) in [6, 6.07) is 15.2. The van der Waals surface area contributed by atoms with Gasteiger partial charge < -0.3 is 10.1 Å². The Hall–Kier alpha value is -2.29. The van der Waals surface area contributed by atoms with Gasteiger partial charge in [0, 0.05) is 11.3 Å². The summed E-state index contributed by atoms with van der Waals surface area (Å²) in [4.78, 5) is 12.2. The van der Waals surface area contributed by atoms with Crippen molar-refractivity contribution in [1.29, 1.82) is 0 Å². The first-order valence-electron chi connectivity index (χ1n) is 7.86. The highest BCUT2D eigenvalue weighted by molar-refractivity contribution is 6.04. The normalized spacial score (nSPS) is 10.3. The molecule has 1 amide bonds. The van der Waals surface area contributed by atoms with Crippen LogP contribution < -0.4 is 10.1 Å². The average molecular weight is 297 g/mol. The molecule has 22 heavy (non-hydrogen) atoms. The lowest BCUT2D eigenvalue weighted by atomic mass is 10.1. The predicted molar refractivity (Wildman–Crippen MR) is 90.6 cm³/mol. The molecule has 0 saturated heterocycles. The fourth-order valence-corrected chi connectivity index (χ4v) is 2.06. The number of ether oxygens (including phenoxy) is 1. The number of carbonyl (C=O) groups excluding carboxylic acids is 1. The predicted octanol–water partition coefficient (Wildman–Crippen LogP) is 4.68. The molecule has 2 rings (SSSR count). The van der Waals surface area contributed by atoms with Gasteiger partial charge in [-0.15, -0.1) is 0 Å². The molecule has 0 aromatic heterocycles. The van der Waals surface area contributed by atoms with E-state index in [1.807, 2.05) is 36.4 Å². The number of aryl methyl sites for hydroxylation is 1. The number of rotatable bonds is 7. The largest absolute Gasteiger partial charge is 0.494 e. The Labute approximate surface area is 132 Å². The van der Waals surface area contributed by atoms with Gasteiger partial charge in [-0.3, -0.25) is 4.79 Å². The zero-order chi connectivity index (χ0) is 15.8. The third-order valence-electron chi connectivity index (χ3n) is 3.50. The second kappa shape index (κ2) is 8.23. The number of hydrogen-bond donors (Lipinski definition) is 1. The van der Waals surface area contributed by atoms with Gasteiger partial charge in [0.1, 0.15) is 5.75 Å². The van der Waals surface area contributed by atoms with Crippen LogP contribution in [0.15, 0.2) is 48.5 Å². The lowest BCUT2D eigenvalue weighted by Crippen LogP contribution is -2.11. The summed E-state index contributed by atoms with van der Waals surface area (Å²) in [6.45, 7) is 4.95. The van der Waals surface area contributed by atoms with Crippen LogP contribution in [0.2, 0.25) is 0 Å². The zero-order valence-electron chi connectivity index (χ0n) is 13.3. The molecule has 0 aliphatic heterocycles. The minimum Gasteiger partial charge on any atom is -0.494 e. The number of unbranched alkanes of at least 4 members (excludes halogenated alkanes) is 1. The number of carbonyl (C=O) groups is 1. The fourth-order valence-electron chi connectivity index (χ4n) is 2.06. The molecule has 0 unspecified atom stereocenters. The smallest absolute Gasteiger partial charge is 0.255 e. The summed E-state index contributed by atoms with van der Waals surface area (Å²) >= 11 is 0. The number of nitrogens with one attached hydrogen (secondary N) is 1. The van der Waals surface area contributed by atoms with E-state index in [0.29, 0.717) is 12.2 Å². The first-order valence-corrected chi connectivity index (χ1v) is 7.86. The summed E-state index contributed by atoms with van der Waals surface area (Å²) < 4.78 is 5.59. The van der Waals surface area contributed by atoms with Gasteiger partial charge in [-0.1, -0.05) is 32.4 Å². The van der Waals surface area contributed by atoms with Crippen LogP contribution >= 0.6 is 0 Å². The number of hydrogen-bond acceptors (Lipinski definition) is 2. The topological polar surface area (TPSA) is 38.3 Å². The monoisotopic (exact) mass is 297 g/mol. The van der Waals surface area contributed by atoms with Gasteiger partial charge >= 0.3 is 0 Å². The number of amides is 1. The summed E-state index contributed by atoms with van der Waals surface area (Å²) in [5, 5.41) is 2.90. The highest BCUT2D eigenvalue weighted by Crippen LogP contribution is 2.15. The van der Waals surface area contributed by atoms with E-state index in [0.717, 1.165) is 30.7 Å². The molecule has 0 aliphatic rings. The minimum atomic E-state index is -0.107. The van der Waals surface area contributed by atoms with Crippen molar-refractivity contribution in [2.75, 3.05) is 11.9 Å². The third kappa shape index (κ3) is 4.62. The Bertz CT molecular complexity index is 588. The molecule has 0 heterocycles. The van der Waals surface area contributed by atoms with Crippen LogP contribution in [0.4, 0.5) is 5.69 Å². The second-order valence-corrected chi connectivity index (χ2v) is 5.23. The summed E-state index contributed by atoms with van der Waals surface area (Å²) in [5.41, 5.74) is 2.69. The van der Waals surface area contributed by atoms with E-state index in [4.69, 9.17) is 4.74 Å². The Morgan fingerprint density at radius 2 is 1.68 bits per heavy atom. The molecule has 1 N–H and O–H groups in total. The molecule has 2 aromatic carbocycles. The quantitative estimate of drug-likeness (QED) is 0.753. The van der Waals surface area contributed by atoms with Gasteiger partial charge in [0.15, 0.2) is 0 Å². The van der Waals surface area contributed by atoms with Crippen LogP contribution in [0, 0.1) is 0 Å². The molecule has 0 bridgehead atoms. The van der Waals surface area contributed by atoms with Crippen LogP contribution in [0.1, 0.15) is 42.6 Å². The maximum atomic E-state index is 12.2. The van der Waals surface area contributed by atoms with Crippen LogP contribution in [0.25, 0.3) is 0 Å². The average Bonchev–Trinajstić information content (AvgIpc) is 2.56. The van der Waals surface area contributed by atoms with E-state index in [9.17, 15) is 4.79 Å². The van der Waals surface area contributed by atoms with E-state index >= 15 is 0 Å². The van der Waals surface area contributed by atoms with Crippen molar-refractivity contribution in [3.8, 4) is 5.75 Å². The molecule has 3 nitrogen and oxygen atoms in total. The molecular weight excluding hydrogens is 274 g/mol. The van der Waals surface area contributed by atoms with Crippen LogP contribution in [-0.4, -0.2) is 12.5 Å². The van der Waals surface area contributed by atoms with Crippen LogP contribution in [0.3, 0.4) is 0 Å². The SMILES string of the molecule is CCCCOc1ccc(C(=O)Nc2ccc(CC)cc2)cc1. The molecule has 3 heteroatoms. The second-order valence-electron chi connectivity index (χ2n) is 5.23. The van der Waals surface area contributed by atoms with E-state index in [1.165, 1.54) is 5.56 Å².